The molecule has 0 saturated carbocycles. The lowest BCUT2D eigenvalue weighted by Gasteiger charge is -2.34. The Morgan fingerprint density at radius 3 is 2.06 bits per heavy atom. The minimum Gasteiger partial charge on any atom is -0.496 e. The summed E-state index contributed by atoms with van der Waals surface area (Å²) in [7, 11) is -1.75. The van der Waals surface area contributed by atoms with Crippen LogP contribution >= 0.6 is 15.9 Å². The number of ether oxygens (including phenoxy) is 1. The number of hydrogen-bond donors (Lipinski definition) is 2. The lowest BCUT2D eigenvalue weighted by Crippen LogP contribution is -2.48. The van der Waals surface area contributed by atoms with Gasteiger partial charge in [-0.15, -0.1) is 0 Å². The molecule has 0 unspecified atom stereocenters. The van der Waals surface area contributed by atoms with Crippen molar-refractivity contribution in [2.24, 2.45) is 0 Å². The van der Waals surface area contributed by atoms with E-state index >= 15 is 0 Å². The molecule has 1 aliphatic heterocycles. The van der Waals surface area contributed by atoms with Gasteiger partial charge in [0, 0.05) is 42.8 Å². The van der Waals surface area contributed by atoms with E-state index in [1.54, 1.807) is 23.5 Å². The summed E-state index contributed by atoms with van der Waals surface area (Å²) in [6.07, 6.45) is 0. The zero-order valence-electron chi connectivity index (χ0n) is 17.7. The van der Waals surface area contributed by atoms with Gasteiger partial charge in [-0.05, 0) is 37.3 Å². The molecule has 2 aromatic rings. The van der Waals surface area contributed by atoms with Crippen molar-refractivity contribution in [2.45, 2.75) is 18.4 Å². The maximum atomic E-state index is 12.8. The Morgan fingerprint density at radius 2 is 1.56 bits per heavy atom. The summed E-state index contributed by atoms with van der Waals surface area (Å²) in [4.78, 5) is 20.8. The van der Waals surface area contributed by atoms with Gasteiger partial charge >= 0.3 is 11.9 Å². The zero-order valence-corrected chi connectivity index (χ0v) is 20.1. The van der Waals surface area contributed by atoms with Crippen molar-refractivity contribution < 1.29 is 33.0 Å². The molecule has 2 aromatic carbocycles. The summed E-state index contributed by atoms with van der Waals surface area (Å²) in [6, 6.07) is 13.0. The molecule has 174 valence electrons. The molecular formula is C21H25BrN2O7S. The number of halogens is 1. The first-order valence-corrected chi connectivity index (χ1v) is 11.9. The molecule has 2 N–H and O–H groups in total. The van der Waals surface area contributed by atoms with Crippen molar-refractivity contribution in [3.8, 4) is 5.75 Å². The van der Waals surface area contributed by atoms with Gasteiger partial charge in [0.05, 0.1) is 12.0 Å². The SMILES string of the molecule is COc1ccc(Br)cc1CN1CCN(S(=O)(=O)c2ccc(C)cc2)CC1.O=C(O)C(=O)O. The molecule has 32 heavy (non-hydrogen) atoms. The normalized spacial score (nSPS) is 14.8. The highest BCUT2D eigenvalue weighted by molar-refractivity contribution is 9.10. The Hall–Kier alpha value is -2.47. The standard InChI is InChI=1S/C19H23BrN2O3S.C2H2O4/c1-15-3-6-18(7-4-15)26(23,24)22-11-9-21(10-12-22)14-16-13-17(20)5-8-19(16)25-2;3-1(4)2(5)6/h3-8,13H,9-12,14H2,1-2H3;(H,3,4)(H,5,6). The Labute approximate surface area is 195 Å². The van der Waals surface area contributed by atoms with Crippen molar-refractivity contribution in [1.82, 2.24) is 9.21 Å². The average molecular weight is 529 g/mol. The Balaban J connectivity index is 0.000000534. The number of nitrogens with zero attached hydrogens (tertiary/aromatic N) is 2. The van der Waals surface area contributed by atoms with E-state index in [-0.39, 0.29) is 0 Å². The quantitative estimate of drug-likeness (QED) is 0.566. The van der Waals surface area contributed by atoms with Crippen molar-refractivity contribution in [3.63, 3.8) is 0 Å². The van der Waals surface area contributed by atoms with Crippen LogP contribution in [0.2, 0.25) is 0 Å². The number of carboxylic acid groups (broad SMARTS) is 2. The number of methoxy groups -OCH3 is 1. The van der Waals surface area contributed by atoms with Crippen LogP contribution in [0.5, 0.6) is 5.75 Å². The molecule has 0 atom stereocenters. The van der Waals surface area contributed by atoms with E-state index in [1.165, 1.54) is 0 Å². The van der Waals surface area contributed by atoms with E-state index in [9.17, 15) is 8.42 Å². The van der Waals surface area contributed by atoms with Crippen molar-refractivity contribution in [1.29, 1.82) is 0 Å². The number of hydrogen-bond acceptors (Lipinski definition) is 6. The van der Waals surface area contributed by atoms with E-state index in [1.807, 2.05) is 37.3 Å². The molecule has 0 aliphatic carbocycles. The summed E-state index contributed by atoms with van der Waals surface area (Å²) in [5.74, 6) is -2.80. The number of sulfonamides is 1. The maximum Gasteiger partial charge on any atom is 0.414 e. The molecule has 0 amide bonds. The van der Waals surface area contributed by atoms with Crippen molar-refractivity contribution in [3.05, 3.63) is 58.1 Å². The highest BCUT2D eigenvalue weighted by Gasteiger charge is 2.28. The topological polar surface area (TPSA) is 124 Å². The Morgan fingerprint density at radius 1 is 1.00 bits per heavy atom. The number of piperazine rings is 1. The third-order valence-corrected chi connectivity index (χ3v) is 7.22. The second kappa shape index (κ2) is 11.4. The summed E-state index contributed by atoms with van der Waals surface area (Å²) < 4.78 is 33.6. The fourth-order valence-corrected chi connectivity index (χ4v) is 4.93. The molecule has 1 heterocycles. The van der Waals surface area contributed by atoms with Gasteiger partial charge in [0.25, 0.3) is 0 Å². The third-order valence-electron chi connectivity index (χ3n) is 4.81. The van der Waals surface area contributed by atoms with E-state index in [0.717, 1.165) is 27.9 Å². The van der Waals surface area contributed by atoms with Gasteiger partial charge in [0.2, 0.25) is 10.0 Å². The monoisotopic (exact) mass is 528 g/mol. The van der Waals surface area contributed by atoms with Gasteiger partial charge in [-0.2, -0.15) is 4.31 Å². The summed E-state index contributed by atoms with van der Waals surface area (Å²) in [5.41, 5.74) is 2.15. The molecule has 9 nitrogen and oxygen atoms in total. The van der Waals surface area contributed by atoms with E-state index < -0.39 is 22.0 Å². The van der Waals surface area contributed by atoms with Crippen LogP contribution in [0.15, 0.2) is 51.8 Å². The fraction of sp³-hybridized carbons (Fsp3) is 0.333. The predicted molar refractivity (Wildman–Crippen MR) is 121 cm³/mol. The first-order chi connectivity index (χ1) is 15.0. The summed E-state index contributed by atoms with van der Waals surface area (Å²) in [6.45, 7) is 5.06. The second-order valence-corrected chi connectivity index (χ2v) is 9.91. The fourth-order valence-electron chi connectivity index (χ4n) is 3.10. The average Bonchev–Trinajstić information content (AvgIpc) is 2.75. The molecule has 0 radical (unpaired) electrons. The number of carbonyl (C=O) groups is 2. The zero-order chi connectivity index (χ0) is 23.9. The van der Waals surface area contributed by atoms with Gasteiger partial charge in [0.1, 0.15) is 5.75 Å². The van der Waals surface area contributed by atoms with Crippen LogP contribution < -0.4 is 4.74 Å². The number of aryl methyl sites for hydroxylation is 1. The smallest absolute Gasteiger partial charge is 0.414 e. The second-order valence-electron chi connectivity index (χ2n) is 7.06. The van der Waals surface area contributed by atoms with Crippen LogP contribution in [-0.2, 0) is 26.2 Å². The Bertz CT molecular complexity index is 1040. The van der Waals surface area contributed by atoms with Crippen LogP contribution in [0.25, 0.3) is 0 Å². The third kappa shape index (κ3) is 7.02. The highest BCUT2D eigenvalue weighted by atomic mass is 79.9. The van der Waals surface area contributed by atoms with E-state index in [4.69, 9.17) is 24.5 Å². The minimum absolute atomic E-state index is 0.366. The minimum atomic E-state index is -3.42. The lowest BCUT2D eigenvalue weighted by atomic mass is 10.2. The molecule has 0 bridgehead atoms. The molecule has 1 aliphatic rings. The van der Waals surface area contributed by atoms with Crippen LogP contribution in [0.4, 0.5) is 0 Å². The van der Waals surface area contributed by atoms with Gasteiger partial charge < -0.3 is 14.9 Å². The first-order valence-electron chi connectivity index (χ1n) is 9.62. The molecule has 1 fully saturated rings. The van der Waals surface area contributed by atoms with E-state index in [2.05, 4.69) is 20.8 Å². The predicted octanol–water partition coefficient (Wildman–Crippen LogP) is 2.43. The lowest BCUT2D eigenvalue weighted by molar-refractivity contribution is -0.159. The van der Waals surface area contributed by atoms with Gasteiger partial charge in [-0.3, -0.25) is 4.90 Å². The van der Waals surface area contributed by atoms with Crippen LogP contribution in [-0.4, -0.2) is 73.1 Å². The van der Waals surface area contributed by atoms with Gasteiger partial charge in [-0.1, -0.05) is 33.6 Å². The van der Waals surface area contributed by atoms with Gasteiger partial charge in [-0.25, -0.2) is 18.0 Å². The molecule has 1 saturated heterocycles. The maximum absolute atomic E-state index is 12.8. The summed E-state index contributed by atoms with van der Waals surface area (Å²) in [5, 5.41) is 14.8. The number of aliphatic carboxylic acids is 2. The summed E-state index contributed by atoms with van der Waals surface area (Å²) >= 11 is 3.50. The molecular weight excluding hydrogens is 504 g/mol. The molecule has 11 heteroatoms. The largest absolute Gasteiger partial charge is 0.496 e. The molecule has 0 spiro atoms. The van der Waals surface area contributed by atoms with Crippen LogP contribution in [0.1, 0.15) is 11.1 Å². The number of benzene rings is 2. The van der Waals surface area contributed by atoms with Gasteiger partial charge in [0.15, 0.2) is 0 Å². The van der Waals surface area contributed by atoms with Crippen molar-refractivity contribution in [2.75, 3.05) is 33.3 Å². The Kier molecular flexibility index (Phi) is 9.20. The number of rotatable bonds is 5. The first kappa shape index (κ1) is 25.8. The van der Waals surface area contributed by atoms with Crippen LogP contribution in [0, 0.1) is 6.92 Å². The van der Waals surface area contributed by atoms with Crippen LogP contribution in [0.3, 0.4) is 0 Å². The number of carboxylic acids is 2. The highest BCUT2D eigenvalue weighted by Crippen LogP contribution is 2.25. The molecule has 0 aromatic heterocycles. The van der Waals surface area contributed by atoms with Crippen molar-refractivity contribution >= 4 is 37.9 Å². The molecule has 3 rings (SSSR count). The van der Waals surface area contributed by atoms with E-state index in [0.29, 0.717) is 31.1 Å².